The molecule has 2 heterocycles. The Balaban J connectivity index is 1.61. The van der Waals surface area contributed by atoms with Crippen LogP contribution in [0.2, 0.25) is 5.02 Å². The van der Waals surface area contributed by atoms with E-state index in [-0.39, 0.29) is 11.9 Å². The zero-order chi connectivity index (χ0) is 20.0. The van der Waals surface area contributed by atoms with Crippen molar-refractivity contribution in [1.29, 1.82) is 0 Å². The Morgan fingerprint density at radius 1 is 1.07 bits per heavy atom. The number of halogens is 2. The zero-order valence-corrected chi connectivity index (χ0v) is 16.4. The number of ether oxygens (including phenoxy) is 2. The molecule has 2 aliphatic heterocycles. The molecule has 0 fully saturated rings. The molecule has 0 unspecified atom stereocenters. The first kappa shape index (κ1) is 18.0. The summed E-state index contributed by atoms with van der Waals surface area (Å²) in [6.07, 6.45) is 0.247. The number of rotatable bonds is 3. The van der Waals surface area contributed by atoms with Gasteiger partial charge >= 0.3 is 0 Å². The summed E-state index contributed by atoms with van der Waals surface area (Å²) in [4.78, 5) is 0. The first-order valence-corrected chi connectivity index (χ1v) is 9.72. The Kier molecular flexibility index (Phi) is 4.40. The maximum atomic E-state index is 13.5. The van der Waals surface area contributed by atoms with Crippen LogP contribution in [-0.4, -0.2) is 17.8 Å². The summed E-state index contributed by atoms with van der Waals surface area (Å²) >= 11 is 6.04. The number of benzene rings is 3. The van der Waals surface area contributed by atoms with E-state index in [2.05, 4.69) is 0 Å². The van der Waals surface area contributed by atoms with Gasteiger partial charge in [0.25, 0.3) is 0 Å². The predicted octanol–water partition coefficient (Wildman–Crippen LogP) is 5.73. The molecule has 4 nitrogen and oxygen atoms in total. The molecular formula is C23H18ClFN2O2. The predicted molar refractivity (Wildman–Crippen MR) is 110 cm³/mol. The summed E-state index contributed by atoms with van der Waals surface area (Å²) in [5.74, 6) is 1.10. The number of methoxy groups -OCH3 is 1. The number of para-hydroxylation sites is 1. The van der Waals surface area contributed by atoms with Crippen molar-refractivity contribution in [2.45, 2.75) is 18.7 Å². The highest BCUT2D eigenvalue weighted by atomic mass is 35.5. The largest absolute Gasteiger partial charge is 0.493 e. The molecule has 0 spiro atoms. The van der Waals surface area contributed by atoms with E-state index in [1.807, 2.05) is 47.5 Å². The molecule has 0 aliphatic carbocycles. The summed E-state index contributed by atoms with van der Waals surface area (Å²) in [5, 5.41) is 7.54. The van der Waals surface area contributed by atoms with Gasteiger partial charge in [-0.1, -0.05) is 48.0 Å². The van der Waals surface area contributed by atoms with Crippen molar-refractivity contribution in [1.82, 2.24) is 5.01 Å². The van der Waals surface area contributed by atoms with E-state index in [0.29, 0.717) is 16.5 Å². The minimum absolute atomic E-state index is 0.00502. The van der Waals surface area contributed by atoms with Crippen LogP contribution in [0.1, 0.15) is 35.4 Å². The maximum absolute atomic E-state index is 13.5. The molecule has 0 amide bonds. The lowest BCUT2D eigenvalue weighted by Crippen LogP contribution is -2.33. The van der Waals surface area contributed by atoms with E-state index in [0.717, 1.165) is 28.8 Å². The fraction of sp³-hybridized carbons (Fsp3) is 0.174. The average Bonchev–Trinajstić information content (AvgIpc) is 3.19. The van der Waals surface area contributed by atoms with E-state index in [1.54, 1.807) is 19.2 Å². The van der Waals surface area contributed by atoms with Crippen LogP contribution in [0.3, 0.4) is 0 Å². The first-order chi connectivity index (χ1) is 14.1. The minimum Gasteiger partial charge on any atom is -0.493 e. The Hall–Kier alpha value is -3.05. The van der Waals surface area contributed by atoms with Gasteiger partial charge in [0, 0.05) is 22.6 Å². The number of hydrogen-bond donors (Lipinski definition) is 0. The molecule has 0 N–H and O–H groups in total. The van der Waals surface area contributed by atoms with Crippen molar-refractivity contribution in [3.8, 4) is 11.5 Å². The third-order valence-corrected chi connectivity index (χ3v) is 5.58. The second kappa shape index (κ2) is 7.08. The van der Waals surface area contributed by atoms with Gasteiger partial charge in [-0.15, -0.1) is 0 Å². The van der Waals surface area contributed by atoms with Gasteiger partial charge in [0.15, 0.2) is 11.5 Å². The number of hydrazone groups is 1. The van der Waals surface area contributed by atoms with Crippen molar-refractivity contribution in [2.24, 2.45) is 5.10 Å². The van der Waals surface area contributed by atoms with E-state index >= 15 is 0 Å². The second-order valence-electron chi connectivity index (χ2n) is 7.05. The van der Waals surface area contributed by atoms with Gasteiger partial charge < -0.3 is 9.47 Å². The Labute approximate surface area is 173 Å². The lowest BCUT2D eigenvalue weighted by Gasteiger charge is -2.38. The summed E-state index contributed by atoms with van der Waals surface area (Å²) in [5.41, 5.74) is 3.83. The molecule has 0 bridgehead atoms. The lowest BCUT2D eigenvalue weighted by molar-refractivity contribution is -0.0209. The Morgan fingerprint density at radius 3 is 2.55 bits per heavy atom. The molecule has 2 aliphatic rings. The highest BCUT2D eigenvalue weighted by Crippen LogP contribution is 2.50. The average molecular weight is 409 g/mol. The molecular weight excluding hydrogens is 391 g/mol. The smallest absolute Gasteiger partial charge is 0.214 e. The van der Waals surface area contributed by atoms with E-state index in [9.17, 15) is 4.39 Å². The molecule has 5 rings (SSSR count). The zero-order valence-electron chi connectivity index (χ0n) is 15.7. The second-order valence-corrected chi connectivity index (χ2v) is 7.49. The number of nitrogens with zero attached hydrogens (tertiary/aromatic N) is 2. The molecule has 0 saturated heterocycles. The lowest BCUT2D eigenvalue weighted by atomic mass is 9.95. The van der Waals surface area contributed by atoms with Crippen LogP contribution >= 0.6 is 11.6 Å². The standard InChI is InChI=1S/C23H18ClFN2O2/c1-28-21-4-2-3-18-20-13-19(14-5-9-16(24)10-6-14)26-27(20)23(29-22(18)21)15-7-11-17(25)12-8-15/h2-12,20,23H,13H2,1H3/t20-,23+/m1/s1. The Bertz CT molecular complexity index is 1080. The van der Waals surface area contributed by atoms with Gasteiger partial charge in [-0.2, -0.15) is 5.10 Å². The molecule has 0 saturated carbocycles. The van der Waals surface area contributed by atoms with Crippen LogP contribution < -0.4 is 9.47 Å². The van der Waals surface area contributed by atoms with Gasteiger partial charge in [0.1, 0.15) is 5.82 Å². The summed E-state index contributed by atoms with van der Waals surface area (Å²) in [7, 11) is 1.63. The number of fused-ring (bicyclic) bond motifs is 3. The van der Waals surface area contributed by atoms with Crippen molar-refractivity contribution in [2.75, 3.05) is 7.11 Å². The normalized spacial score (nSPS) is 19.8. The van der Waals surface area contributed by atoms with Crippen LogP contribution in [0.15, 0.2) is 71.8 Å². The van der Waals surface area contributed by atoms with Crippen LogP contribution in [0.5, 0.6) is 11.5 Å². The highest BCUT2D eigenvalue weighted by molar-refractivity contribution is 6.30. The summed E-state index contributed by atoms with van der Waals surface area (Å²) < 4.78 is 25.4. The van der Waals surface area contributed by atoms with Gasteiger partial charge in [-0.25, -0.2) is 9.40 Å². The highest BCUT2D eigenvalue weighted by Gasteiger charge is 2.42. The SMILES string of the molecule is COc1cccc2c1O[C@@H](c1ccc(F)cc1)N1N=C(c3ccc(Cl)cc3)C[C@H]21. The summed E-state index contributed by atoms with van der Waals surface area (Å²) in [6, 6.07) is 19.9. The molecule has 0 aromatic heterocycles. The van der Waals surface area contributed by atoms with Crippen LogP contribution in [0, 0.1) is 5.82 Å². The van der Waals surface area contributed by atoms with Crippen molar-refractivity contribution in [3.63, 3.8) is 0 Å². The quantitative estimate of drug-likeness (QED) is 0.555. The first-order valence-electron chi connectivity index (χ1n) is 9.35. The monoisotopic (exact) mass is 408 g/mol. The van der Waals surface area contributed by atoms with Crippen LogP contribution in [0.4, 0.5) is 4.39 Å². The van der Waals surface area contributed by atoms with E-state index in [1.165, 1.54) is 12.1 Å². The summed E-state index contributed by atoms with van der Waals surface area (Å²) in [6.45, 7) is 0. The fourth-order valence-electron chi connectivity index (χ4n) is 3.91. The third-order valence-electron chi connectivity index (χ3n) is 5.33. The molecule has 3 aromatic carbocycles. The molecule has 6 heteroatoms. The van der Waals surface area contributed by atoms with Crippen molar-refractivity contribution < 1.29 is 13.9 Å². The number of hydrogen-bond acceptors (Lipinski definition) is 4. The third kappa shape index (κ3) is 3.12. The van der Waals surface area contributed by atoms with Gasteiger partial charge in [0.05, 0.1) is 18.9 Å². The van der Waals surface area contributed by atoms with Crippen molar-refractivity contribution >= 4 is 17.3 Å². The van der Waals surface area contributed by atoms with Gasteiger partial charge in [-0.3, -0.25) is 0 Å². The van der Waals surface area contributed by atoms with Crippen molar-refractivity contribution in [3.05, 3.63) is 94.3 Å². The molecule has 146 valence electrons. The van der Waals surface area contributed by atoms with Crippen LogP contribution in [0.25, 0.3) is 0 Å². The molecule has 0 radical (unpaired) electrons. The minimum atomic E-state index is -0.478. The topological polar surface area (TPSA) is 34.1 Å². The van der Waals surface area contributed by atoms with Gasteiger partial charge in [-0.05, 0) is 35.9 Å². The Morgan fingerprint density at radius 2 is 1.83 bits per heavy atom. The molecule has 3 aromatic rings. The fourth-order valence-corrected chi connectivity index (χ4v) is 4.03. The van der Waals surface area contributed by atoms with E-state index < -0.39 is 6.23 Å². The van der Waals surface area contributed by atoms with Gasteiger partial charge in [0.2, 0.25) is 6.23 Å². The van der Waals surface area contributed by atoms with Crippen LogP contribution in [-0.2, 0) is 0 Å². The molecule has 29 heavy (non-hydrogen) atoms. The molecule has 2 atom stereocenters. The maximum Gasteiger partial charge on any atom is 0.214 e. The van der Waals surface area contributed by atoms with E-state index in [4.69, 9.17) is 26.2 Å².